The van der Waals surface area contributed by atoms with Crippen LogP contribution in [0.1, 0.15) is 24.5 Å². The lowest BCUT2D eigenvalue weighted by Crippen LogP contribution is -2.47. The average Bonchev–Trinajstić information content (AvgIpc) is 3.16. The molecule has 2 fully saturated rings. The fourth-order valence-electron chi connectivity index (χ4n) is 4.38. The standard InChI is InChI=1S/C22H26N2O2/c1-22-17-23(21(25)26-16-19-10-6-3-7-11-19)15-20(22)12-13-24(22)14-18-8-4-2-5-9-18/h2-11,20H,12-17H2,1H3. The number of benzene rings is 2. The Morgan fingerprint density at radius 2 is 1.73 bits per heavy atom. The fourth-order valence-corrected chi connectivity index (χ4v) is 4.38. The molecule has 0 spiro atoms. The molecule has 2 saturated heterocycles. The van der Waals surface area contributed by atoms with E-state index < -0.39 is 0 Å². The molecule has 2 aromatic carbocycles. The van der Waals surface area contributed by atoms with Gasteiger partial charge in [-0.05, 0) is 36.9 Å². The summed E-state index contributed by atoms with van der Waals surface area (Å²) in [6, 6.07) is 20.4. The second-order valence-electron chi connectivity index (χ2n) is 7.67. The third-order valence-corrected chi connectivity index (χ3v) is 5.98. The van der Waals surface area contributed by atoms with Crippen LogP contribution in [0.2, 0.25) is 0 Å². The molecule has 136 valence electrons. The molecule has 2 heterocycles. The van der Waals surface area contributed by atoms with Crippen LogP contribution in [0.25, 0.3) is 0 Å². The van der Waals surface area contributed by atoms with E-state index in [1.807, 2.05) is 35.2 Å². The summed E-state index contributed by atoms with van der Waals surface area (Å²) in [6.07, 6.45) is 0.954. The molecule has 2 aliphatic rings. The van der Waals surface area contributed by atoms with Crippen LogP contribution in [-0.4, -0.2) is 41.1 Å². The Morgan fingerprint density at radius 1 is 1.08 bits per heavy atom. The normalized spacial score (nSPS) is 25.3. The summed E-state index contributed by atoms with van der Waals surface area (Å²) >= 11 is 0. The molecule has 0 aromatic heterocycles. The maximum absolute atomic E-state index is 12.5. The summed E-state index contributed by atoms with van der Waals surface area (Å²) in [5.74, 6) is 0.524. The highest BCUT2D eigenvalue weighted by molar-refractivity contribution is 5.68. The number of fused-ring (bicyclic) bond motifs is 1. The molecule has 2 aromatic rings. The van der Waals surface area contributed by atoms with E-state index >= 15 is 0 Å². The van der Waals surface area contributed by atoms with Gasteiger partial charge in [-0.3, -0.25) is 4.90 Å². The first-order valence-electron chi connectivity index (χ1n) is 9.40. The smallest absolute Gasteiger partial charge is 0.410 e. The molecular weight excluding hydrogens is 324 g/mol. The van der Waals surface area contributed by atoms with Crippen molar-refractivity contribution in [1.29, 1.82) is 0 Å². The van der Waals surface area contributed by atoms with Crippen LogP contribution < -0.4 is 0 Å². The van der Waals surface area contributed by atoms with Crippen molar-refractivity contribution in [3.8, 4) is 0 Å². The van der Waals surface area contributed by atoms with Gasteiger partial charge < -0.3 is 9.64 Å². The van der Waals surface area contributed by atoms with Crippen molar-refractivity contribution >= 4 is 6.09 Å². The van der Waals surface area contributed by atoms with Crippen LogP contribution in [0.4, 0.5) is 4.79 Å². The Morgan fingerprint density at radius 3 is 2.42 bits per heavy atom. The van der Waals surface area contributed by atoms with E-state index in [9.17, 15) is 4.79 Å². The summed E-state index contributed by atoms with van der Waals surface area (Å²) < 4.78 is 5.54. The maximum atomic E-state index is 12.5. The van der Waals surface area contributed by atoms with E-state index in [4.69, 9.17) is 4.74 Å². The van der Waals surface area contributed by atoms with Crippen LogP contribution in [-0.2, 0) is 17.9 Å². The molecular formula is C22H26N2O2. The molecule has 26 heavy (non-hydrogen) atoms. The van der Waals surface area contributed by atoms with Gasteiger partial charge in [-0.25, -0.2) is 4.79 Å². The number of hydrogen-bond acceptors (Lipinski definition) is 3. The SMILES string of the molecule is CC12CN(C(=O)OCc3ccccc3)CC1CCN2Cc1ccccc1. The average molecular weight is 350 g/mol. The van der Waals surface area contributed by atoms with Crippen LogP contribution in [0.3, 0.4) is 0 Å². The molecule has 4 rings (SSSR count). The van der Waals surface area contributed by atoms with Crippen LogP contribution >= 0.6 is 0 Å². The summed E-state index contributed by atoms with van der Waals surface area (Å²) in [4.78, 5) is 17.0. The van der Waals surface area contributed by atoms with Gasteiger partial charge in [0.1, 0.15) is 6.61 Å². The summed E-state index contributed by atoms with van der Waals surface area (Å²) in [5, 5.41) is 0. The summed E-state index contributed by atoms with van der Waals surface area (Å²) in [6.45, 7) is 6.24. The first-order valence-corrected chi connectivity index (χ1v) is 9.40. The van der Waals surface area contributed by atoms with E-state index in [0.29, 0.717) is 12.5 Å². The highest BCUT2D eigenvalue weighted by atomic mass is 16.6. The zero-order chi connectivity index (χ0) is 18.0. The second-order valence-corrected chi connectivity index (χ2v) is 7.67. The Hall–Kier alpha value is -2.33. The molecule has 0 aliphatic carbocycles. The van der Waals surface area contributed by atoms with Crippen molar-refractivity contribution in [1.82, 2.24) is 9.80 Å². The van der Waals surface area contributed by atoms with E-state index in [1.54, 1.807) is 0 Å². The first kappa shape index (κ1) is 17.1. The summed E-state index contributed by atoms with van der Waals surface area (Å²) in [5.41, 5.74) is 2.40. The molecule has 0 bridgehead atoms. The largest absolute Gasteiger partial charge is 0.445 e. The van der Waals surface area contributed by atoms with Crippen LogP contribution in [0.15, 0.2) is 60.7 Å². The molecule has 2 unspecified atom stereocenters. The molecule has 0 radical (unpaired) electrons. The van der Waals surface area contributed by atoms with Crippen LogP contribution in [0, 0.1) is 5.92 Å². The van der Waals surface area contributed by atoms with Gasteiger partial charge in [0.25, 0.3) is 0 Å². The lowest BCUT2D eigenvalue weighted by Gasteiger charge is -2.35. The second kappa shape index (κ2) is 7.12. The van der Waals surface area contributed by atoms with Gasteiger partial charge in [0.15, 0.2) is 0 Å². The van der Waals surface area contributed by atoms with E-state index in [0.717, 1.165) is 38.2 Å². The Bertz CT molecular complexity index is 749. The molecule has 4 nitrogen and oxygen atoms in total. The van der Waals surface area contributed by atoms with E-state index in [2.05, 4.69) is 42.2 Å². The predicted octanol–water partition coefficient (Wildman–Crippen LogP) is 3.92. The molecule has 2 aliphatic heterocycles. The van der Waals surface area contributed by atoms with Gasteiger partial charge in [-0.2, -0.15) is 0 Å². The third kappa shape index (κ3) is 3.34. The number of ether oxygens (including phenoxy) is 1. The predicted molar refractivity (Wildman–Crippen MR) is 102 cm³/mol. The minimum atomic E-state index is -0.191. The summed E-state index contributed by atoms with van der Waals surface area (Å²) in [7, 11) is 0. The molecule has 0 saturated carbocycles. The van der Waals surface area contributed by atoms with Crippen molar-refractivity contribution in [3.63, 3.8) is 0 Å². The van der Waals surface area contributed by atoms with Crippen molar-refractivity contribution in [3.05, 3.63) is 71.8 Å². The van der Waals surface area contributed by atoms with Crippen molar-refractivity contribution in [2.45, 2.75) is 32.0 Å². The van der Waals surface area contributed by atoms with Gasteiger partial charge in [0, 0.05) is 25.2 Å². The number of likely N-dealkylation sites (tertiary alicyclic amines) is 2. The Labute approximate surface area is 155 Å². The van der Waals surface area contributed by atoms with Gasteiger partial charge in [-0.1, -0.05) is 60.7 Å². The fraction of sp³-hybridized carbons (Fsp3) is 0.409. The molecule has 1 amide bonds. The lowest BCUT2D eigenvalue weighted by molar-refractivity contribution is 0.0891. The van der Waals surface area contributed by atoms with Crippen molar-refractivity contribution < 1.29 is 9.53 Å². The minimum Gasteiger partial charge on any atom is -0.445 e. The topological polar surface area (TPSA) is 32.8 Å². The van der Waals surface area contributed by atoms with E-state index in [-0.39, 0.29) is 11.6 Å². The number of carbonyl (C=O) groups excluding carboxylic acids is 1. The number of rotatable bonds is 4. The number of amides is 1. The van der Waals surface area contributed by atoms with Gasteiger partial charge >= 0.3 is 6.09 Å². The molecule has 0 N–H and O–H groups in total. The van der Waals surface area contributed by atoms with Gasteiger partial charge in [0.2, 0.25) is 0 Å². The monoisotopic (exact) mass is 350 g/mol. The van der Waals surface area contributed by atoms with Crippen molar-refractivity contribution in [2.75, 3.05) is 19.6 Å². The molecule has 2 atom stereocenters. The maximum Gasteiger partial charge on any atom is 0.410 e. The third-order valence-electron chi connectivity index (χ3n) is 5.98. The quantitative estimate of drug-likeness (QED) is 0.838. The highest BCUT2D eigenvalue weighted by Crippen LogP contribution is 2.41. The zero-order valence-electron chi connectivity index (χ0n) is 15.3. The van der Waals surface area contributed by atoms with Crippen molar-refractivity contribution in [2.24, 2.45) is 5.92 Å². The highest BCUT2D eigenvalue weighted by Gasteiger charge is 2.52. The molecule has 4 heteroatoms. The number of hydrogen-bond donors (Lipinski definition) is 0. The van der Waals surface area contributed by atoms with E-state index in [1.165, 1.54) is 5.56 Å². The number of nitrogens with zero attached hydrogens (tertiary/aromatic N) is 2. The van der Waals surface area contributed by atoms with Gasteiger partial charge in [-0.15, -0.1) is 0 Å². The Balaban J connectivity index is 1.38. The van der Waals surface area contributed by atoms with Crippen LogP contribution in [0.5, 0.6) is 0 Å². The first-order chi connectivity index (χ1) is 12.6. The Kier molecular flexibility index (Phi) is 4.68. The van der Waals surface area contributed by atoms with Gasteiger partial charge in [0.05, 0.1) is 0 Å². The number of carbonyl (C=O) groups is 1. The lowest BCUT2D eigenvalue weighted by atomic mass is 9.90. The minimum absolute atomic E-state index is 0.0433. The zero-order valence-corrected chi connectivity index (χ0v) is 15.3.